The topological polar surface area (TPSA) is 73.6 Å². The smallest absolute Gasteiger partial charge is 0.404 e. The lowest BCUT2D eigenvalue weighted by Crippen LogP contribution is -2.65. The number of hydrogen-bond donors (Lipinski definition) is 2. The average molecular weight is 412 g/mol. The van der Waals surface area contributed by atoms with Gasteiger partial charge in [-0.1, -0.05) is 58.0 Å². The van der Waals surface area contributed by atoms with Gasteiger partial charge in [-0.25, -0.2) is 0 Å². The van der Waals surface area contributed by atoms with Crippen molar-refractivity contribution in [2.75, 3.05) is 0 Å². The van der Waals surface area contributed by atoms with Crippen molar-refractivity contribution in [3.8, 4) is 0 Å². The van der Waals surface area contributed by atoms with Crippen LogP contribution in [0.4, 0.5) is 0 Å². The normalized spacial score (nSPS) is 33.6. The van der Waals surface area contributed by atoms with Crippen LogP contribution in [0.3, 0.4) is 0 Å². The molecule has 2 bridgehead atoms. The van der Waals surface area contributed by atoms with Gasteiger partial charge >= 0.3 is 7.12 Å². The molecule has 164 valence electrons. The first-order valence-electron chi connectivity index (χ1n) is 11.5. The number of nitrogens with one attached hydrogen (secondary N) is 1. The third-order valence-corrected chi connectivity index (χ3v) is 7.99. The van der Waals surface area contributed by atoms with E-state index in [1.807, 2.05) is 30.3 Å². The van der Waals surface area contributed by atoms with E-state index in [0.717, 1.165) is 18.4 Å². The summed E-state index contributed by atoms with van der Waals surface area (Å²) >= 11 is 0. The number of hydrogen-bond acceptors (Lipinski definition) is 4. The van der Waals surface area contributed by atoms with Crippen LogP contribution in [0.2, 0.25) is 0 Å². The van der Waals surface area contributed by atoms with Crippen molar-refractivity contribution in [3.63, 3.8) is 0 Å². The molecule has 1 amide bonds. The van der Waals surface area contributed by atoms with E-state index in [0.29, 0.717) is 29.6 Å². The Bertz CT molecular complexity index is 771. The van der Waals surface area contributed by atoms with Crippen molar-refractivity contribution in [1.82, 2.24) is 5.32 Å². The van der Waals surface area contributed by atoms with E-state index in [9.17, 15) is 4.79 Å². The SMILES string of the molecule is CC(C)C[C@H](NC(=O)[C@@H](N)Cc1ccccc1)B1OC2CC3C[C@@H](C3(C)C)[C@]2(C)O1. The summed E-state index contributed by atoms with van der Waals surface area (Å²) in [5.41, 5.74) is 7.34. The summed E-state index contributed by atoms with van der Waals surface area (Å²) < 4.78 is 13.1. The first-order chi connectivity index (χ1) is 14.1. The maximum Gasteiger partial charge on any atom is 0.481 e. The molecule has 3 saturated carbocycles. The van der Waals surface area contributed by atoms with Crippen molar-refractivity contribution in [1.29, 1.82) is 0 Å². The number of carbonyl (C=O) groups excluding carboxylic acids is 1. The summed E-state index contributed by atoms with van der Waals surface area (Å²) in [5, 5.41) is 3.17. The second kappa shape index (κ2) is 7.96. The van der Waals surface area contributed by atoms with Gasteiger partial charge in [0.15, 0.2) is 0 Å². The van der Waals surface area contributed by atoms with Gasteiger partial charge in [0.05, 0.1) is 23.7 Å². The van der Waals surface area contributed by atoms with E-state index in [-0.39, 0.29) is 23.6 Å². The molecule has 5 nitrogen and oxygen atoms in total. The highest BCUT2D eigenvalue weighted by atomic mass is 16.7. The molecule has 4 fully saturated rings. The quantitative estimate of drug-likeness (QED) is 0.674. The van der Waals surface area contributed by atoms with Crippen molar-refractivity contribution in [2.24, 2.45) is 28.9 Å². The highest BCUT2D eigenvalue weighted by Gasteiger charge is 2.68. The minimum atomic E-state index is -0.590. The Balaban J connectivity index is 1.44. The Morgan fingerprint density at radius 3 is 2.57 bits per heavy atom. The van der Waals surface area contributed by atoms with E-state index in [1.54, 1.807) is 0 Å². The first kappa shape index (κ1) is 21.9. The van der Waals surface area contributed by atoms with Gasteiger partial charge in [0.1, 0.15) is 0 Å². The fourth-order valence-corrected chi connectivity index (χ4v) is 6.07. The van der Waals surface area contributed by atoms with Crippen LogP contribution in [-0.2, 0) is 20.5 Å². The third kappa shape index (κ3) is 3.83. The van der Waals surface area contributed by atoms with Gasteiger partial charge in [-0.05, 0) is 61.3 Å². The summed E-state index contributed by atoms with van der Waals surface area (Å²) in [6.07, 6.45) is 3.70. The Kier molecular flexibility index (Phi) is 5.80. The van der Waals surface area contributed by atoms with Crippen molar-refractivity contribution in [3.05, 3.63) is 35.9 Å². The molecule has 1 aromatic carbocycles. The van der Waals surface area contributed by atoms with Gasteiger partial charge in [0.25, 0.3) is 0 Å². The molecule has 30 heavy (non-hydrogen) atoms. The van der Waals surface area contributed by atoms with Gasteiger partial charge in [-0.3, -0.25) is 4.79 Å². The van der Waals surface area contributed by atoms with Crippen LogP contribution in [0.15, 0.2) is 30.3 Å². The lowest BCUT2D eigenvalue weighted by molar-refractivity contribution is -0.199. The second-order valence-corrected chi connectivity index (χ2v) is 10.9. The Morgan fingerprint density at radius 1 is 1.23 bits per heavy atom. The molecular formula is C24H37BN2O3. The molecule has 1 aromatic rings. The average Bonchev–Trinajstić information content (AvgIpc) is 3.04. The molecule has 6 heteroatoms. The fourth-order valence-electron chi connectivity index (χ4n) is 6.07. The molecule has 0 spiro atoms. The molecular weight excluding hydrogens is 375 g/mol. The van der Waals surface area contributed by atoms with Crippen molar-refractivity contribution in [2.45, 2.75) is 84.0 Å². The summed E-state index contributed by atoms with van der Waals surface area (Å²) in [4.78, 5) is 12.9. The molecule has 2 unspecified atom stereocenters. The monoisotopic (exact) mass is 412 g/mol. The zero-order chi connectivity index (χ0) is 21.7. The first-order valence-corrected chi connectivity index (χ1v) is 11.5. The van der Waals surface area contributed by atoms with Gasteiger partial charge in [-0.15, -0.1) is 0 Å². The molecule has 3 N–H and O–H groups in total. The number of nitrogens with two attached hydrogens (primary N) is 1. The zero-order valence-electron chi connectivity index (χ0n) is 19.1. The van der Waals surface area contributed by atoms with Crippen LogP contribution in [-0.4, -0.2) is 36.7 Å². The van der Waals surface area contributed by atoms with Gasteiger partial charge in [0.2, 0.25) is 5.91 Å². The van der Waals surface area contributed by atoms with E-state index >= 15 is 0 Å². The lowest BCUT2D eigenvalue weighted by Gasteiger charge is -2.64. The third-order valence-electron chi connectivity index (χ3n) is 7.99. The highest BCUT2D eigenvalue weighted by molar-refractivity contribution is 6.47. The molecule has 0 radical (unpaired) electrons. The number of rotatable bonds is 7. The Hall–Kier alpha value is -1.37. The molecule has 5 rings (SSSR count). The van der Waals surface area contributed by atoms with E-state index in [4.69, 9.17) is 15.0 Å². The predicted octanol–water partition coefficient (Wildman–Crippen LogP) is 3.35. The molecule has 1 heterocycles. The number of carbonyl (C=O) groups is 1. The molecule has 1 saturated heterocycles. The van der Waals surface area contributed by atoms with Crippen LogP contribution >= 0.6 is 0 Å². The standard InChI is InChI=1S/C24H37BN2O3/c1-15(2)11-21(27-22(28)18(26)12-16-9-7-6-8-10-16)25-29-20-14-17-13-19(23(17,3)4)24(20,5)30-25/h6-10,15,17-21H,11-14,26H2,1-5H3,(H,27,28)/t17?,18-,19-,20?,21-,24-/m0/s1. The van der Waals surface area contributed by atoms with E-state index in [2.05, 4.69) is 39.9 Å². The van der Waals surface area contributed by atoms with Crippen molar-refractivity contribution < 1.29 is 14.1 Å². The summed E-state index contributed by atoms with van der Waals surface area (Å²) in [7, 11) is -0.412. The number of amides is 1. The maximum absolute atomic E-state index is 12.9. The van der Waals surface area contributed by atoms with Crippen LogP contribution in [0.1, 0.15) is 59.4 Å². The van der Waals surface area contributed by atoms with Crippen LogP contribution < -0.4 is 11.1 Å². The Morgan fingerprint density at radius 2 is 1.93 bits per heavy atom. The largest absolute Gasteiger partial charge is 0.481 e. The minimum absolute atomic E-state index is 0.115. The lowest BCUT2D eigenvalue weighted by atomic mass is 9.43. The molecule has 4 aliphatic rings. The molecule has 3 aliphatic carbocycles. The molecule has 6 atom stereocenters. The van der Waals surface area contributed by atoms with Gasteiger partial charge < -0.3 is 20.4 Å². The van der Waals surface area contributed by atoms with E-state index < -0.39 is 13.2 Å². The van der Waals surface area contributed by atoms with E-state index in [1.165, 1.54) is 6.42 Å². The van der Waals surface area contributed by atoms with Crippen LogP contribution in [0, 0.1) is 23.2 Å². The maximum atomic E-state index is 12.9. The summed E-state index contributed by atoms with van der Waals surface area (Å²) in [5.74, 6) is 1.30. The predicted molar refractivity (Wildman–Crippen MR) is 120 cm³/mol. The van der Waals surface area contributed by atoms with Gasteiger partial charge in [-0.2, -0.15) is 0 Å². The van der Waals surface area contributed by atoms with Crippen molar-refractivity contribution >= 4 is 13.0 Å². The Labute approximate surface area is 181 Å². The minimum Gasteiger partial charge on any atom is -0.404 e. The zero-order valence-corrected chi connectivity index (χ0v) is 19.1. The summed E-state index contributed by atoms with van der Waals surface area (Å²) in [6.45, 7) is 11.3. The van der Waals surface area contributed by atoms with Crippen LogP contribution in [0.25, 0.3) is 0 Å². The summed E-state index contributed by atoms with van der Waals surface area (Å²) in [6, 6.07) is 9.32. The molecule has 1 aliphatic heterocycles. The number of benzene rings is 1. The van der Waals surface area contributed by atoms with Gasteiger partial charge in [0, 0.05) is 0 Å². The second-order valence-electron chi connectivity index (χ2n) is 10.9. The van der Waals surface area contributed by atoms with Crippen LogP contribution in [0.5, 0.6) is 0 Å². The highest BCUT2D eigenvalue weighted by Crippen LogP contribution is 2.65. The fraction of sp³-hybridized carbons (Fsp3) is 0.708. The molecule has 0 aromatic heterocycles.